The number of aromatic nitrogens is 5. The summed E-state index contributed by atoms with van der Waals surface area (Å²) in [5.41, 5.74) is 6.70. The molecule has 1 unspecified atom stereocenters. The third-order valence-electron chi connectivity index (χ3n) is 12.0. The number of ether oxygens (including phenoxy) is 3. The third kappa shape index (κ3) is 7.66. The van der Waals surface area contributed by atoms with Crippen molar-refractivity contribution >= 4 is 34.9 Å². The number of aromatic amines is 2. The Kier molecular flexibility index (Phi) is 11.3. The molecule has 8 rings (SSSR count). The fraction of sp³-hybridized carbons (Fsp3) is 0.455. The number of hydrogen-bond donors (Lipinski definition) is 4. The molecule has 16 heteroatoms. The minimum Gasteiger partial charge on any atom is -0.491 e. The maximum atomic E-state index is 13.7. The number of likely N-dealkylation sites (tertiary alicyclic amines) is 2. The number of benzene rings is 2. The van der Waals surface area contributed by atoms with Gasteiger partial charge in [0.05, 0.1) is 62.3 Å². The monoisotopic (exact) mass is 819 g/mol. The van der Waals surface area contributed by atoms with Gasteiger partial charge in [0, 0.05) is 40.7 Å². The van der Waals surface area contributed by atoms with Crippen LogP contribution in [0.3, 0.4) is 0 Å². The number of carbonyl (C=O) groups excluding carboxylic acids is 4. The van der Waals surface area contributed by atoms with E-state index in [1.54, 1.807) is 6.20 Å². The minimum absolute atomic E-state index is 0.115. The lowest BCUT2D eigenvalue weighted by atomic mass is 10.0. The van der Waals surface area contributed by atoms with Crippen LogP contribution in [-0.4, -0.2) is 104 Å². The molecule has 60 heavy (non-hydrogen) atoms. The topological polar surface area (TPSA) is 189 Å². The highest BCUT2D eigenvalue weighted by molar-refractivity contribution is 5.92. The fourth-order valence-electron chi connectivity index (χ4n) is 8.86. The zero-order valence-corrected chi connectivity index (χ0v) is 34.9. The van der Waals surface area contributed by atoms with Crippen LogP contribution in [0.4, 0.5) is 9.59 Å². The third-order valence-corrected chi connectivity index (χ3v) is 12.0. The van der Waals surface area contributed by atoms with E-state index >= 15 is 0 Å². The Hall–Kier alpha value is -6.32. The van der Waals surface area contributed by atoms with Crippen molar-refractivity contribution in [2.24, 2.45) is 11.8 Å². The Morgan fingerprint density at radius 3 is 1.80 bits per heavy atom. The highest BCUT2D eigenvalue weighted by Crippen LogP contribution is 2.41. The van der Waals surface area contributed by atoms with Crippen molar-refractivity contribution in [2.75, 3.05) is 33.9 Å². The summed E-state index contributed by atoms with van der Waals surface area (Å²) in [6.45, 7) is 9.94. The van der Waals surface area contributed by atoms with Crippen LogP contribution >= 0.6 is 0 Å². The van der Waals surface area contributed by atoms with E-state index in [1.165, 1.54) is 14.2 Å². The number of nitrogens with one attached hydrogen (secondary N) is 4. The van der Waals surface area contributed by atoms with Gasteiger partial charge >= 0.3 is 12.2 Å². The first-order valence-corrected chi connectivity index (χ1v) is 20.8. The molecule has 5 aromatic rings. The molecule has 0 aliphatic carbocycles. The number of fused-ring (bicyclic) bond motifs is 5. The lowest BCUT2D eigenvalue weighted by Crippen LogP contribution is -2.51. The first-order chi connectivity index (χ1) is 28.9. The number of H-pyrrole nitrogens is 2. The van der Waals surface area contributed by atoms with Crippen LogP contribution in [0.2, 0.25) is 0 Å². The number of amides is 4. The van der Waals surface area contributed by atoms with Crippen LogP contribution in [0.1, 0.15) is 77.1 Å². The number of rotatable bonds is 10. The largest absolute Gasteiger partial charge is 0.491 e. The Labute approximate surface area is 348 Å². The second-order valence-corrected chi connectivity index (χ2v) is 16.5. The zero-order valence-electron chi connectivity index (χ0n) is 34.9. The molecule has 2 fully saturated rings. The number of imidazole rings is 2. The van der Waals surface area contributed by atoms with E-state index in [9.17, 15) is 19.2 Å². The normalized spacial score (nSPS) is 18.5. The Bertz CT molecular complexity index is 2410. The highest BCUT2D eigenvalue weighted by atomic mass is 16.5. The number of alkyl carbamates (subject to hydrolysis) is 2. The summed E-state index contributed by atoms with van der Waals surface area (Å²) in [5.74, 6) is 1.67. The average molecular weight is 820 g/mol. The predicted octanol–water partition coefficient (Wildman–Crippen LogP) is 6.57. The molecular formula is C44H53N9O7. The predicted molar refractivity (Wildman–Crippen MR) is 224 cm³/mol. The van der Waals surface area contributed by atoms with E-state index in [2.05, 4.69) is 61.6 Å². The number of methoxy groups -OCH3 is 2. The van der Waals surface area contributed by atoms with Gasteiger partial charge in [0.2, 0.25) is 11.8 Å². The first kappa shape index (κ1) is 40.5. The van der Waals surface area contributed by atoms with Gasteiger partial charge in [-0.15, -0.1) is 0 Å². The van der Waals surface area contributed by atoms with Crippen LogP contribution < -0.4 is 15.4 Å². The lowest BCUT2D eigenvalue weighted by Gasteiger charge is -2.30. The second-order valence-electron chi connectivity index (χ2n) is 16.5. The SMILES string of the molecule is COC(=O)NC(C(=O)N1CCC[C@H]1c1ncc(-c2ccc3c(c2)cc2n3CCOc3cc(-c4cnc([C@@H]5CCCN5C(=O)[C@@H](NC(=O)OC)C(C)C)[nH]4)ccc3-2)[nH]1)C(C)C. The van der Waals surface area contributed by atoms with E-state index in [-0.39, 0.29) is 35.7 Å². The molecule has 4 N–H and O–H groups in total. The molecule has 3 aromatic heterocycles. The maximum absolute atomic E-state index is 13.7. The van der Waals surface area contributed by atoms with E-state index in [0.29, 0.717) is 32.1 Å². The van der Waals surface area contributed by atoms with Gasteiger partial charge in [-0.3, -0.25) is 9.59 Å². The molecule has 4 atom stereocenters. The van der Waals surface area contributed by atoms with Crippen LogP contribution in [0.25, 0.3) is 44.7 Å². The van der Waals surface area contributed by atoms with Gasteiger partial charge in [-0.05, 0) is 67.9 Å². The zero-order chi connectivity index (χ0) is 42.2. The van der Waals surface area contributed by atoms with Gasteiger partial charge in [-0.1, -0.05) is 39.8 Å². The van der Waals surface area contributed by atoms with Gasteiger partial charge in [-0.2, -0.15) is 0 Å². The maximum Gasteiger partial charge on any atom is 0.407 e. The molecule has 16 nitrogen and oxygen atoms in total. The second kappa shape index (κ2) is 16.7. The first-order valence-electron chi connectivity index (χ1n) is 20.8. The Balaban J connectivity index is 1.01. The van der Waals surface area contributed by atoms with Crippen LogP contribution in [0.5, 0.6) is 5.75 Å². The van der Waals surface area contributed by atoms with Crippen molar-refractivity contribution in [1.82, 2.24) is 44.9 Å². The number of nitrogens with zero attached hydrogens (tertiary/aromatic N) is 5. The van der Waals surface area contributed by atoms with Crippen molar-refractivity contribution in [3.8, 4) is 39.5 Å². The molecule has 2 aromatic carbocycles. The quantitative estimate of drug-likeness (QED) is 0.121. The van der Waals surface area contributed by atoms with E-state index in [4.69, 9.17) is 24.2 Å². The van der Waals surface area contributed by atoms with Gasteiger partial charge in [-0.25, -0.2) is 19.6 Å². The molecule has 2 saturated heterocycles. The summed E-state index contributed by atoms with van der Waals surface area (Å²) in [6, 6.07) is 12.9. The van der Waals surface area contributed by atoms with Gasteiger partial charge < -0.3 is 49.2 Å². The van der Waals surface area contributed by atoms with Crippen molar-refractivity contribution < 1.29 is 33.4 Å². The van der Waals surface area contributed by atoms with Crippen molar-refractivity contribution in [3.05, 3.63) is 66.5 Å². The van der Waals surface area contributed by atoms with Crippen LogP contribution in [0.15, 0.2) is 54.9 Å². The molecule has 4 amide bonds. The summed E-state index contributed by atoms with van der Waals surface area (Å²) in [6.07, 6.45) is 5.57. The van der Waals surface area contributed by atoms with Gasteiger partial charge in [0.15, 0.2) is 0 Å². The molecule has 0 bridgehead atoms. The lowest BCUT2D eigenvalue weighted by molar-refractivity contribution is -0.136. The summed E-state index contributed by atoms with van der Waals surface area (Å²) in [4.78, 5) is 71.5. The average Bonchev–Trinajstić information content (AvgIpc) is 4.10. The smallest absolute Gasteiger partial charge is 0.407 e. The van der Waals surface area contributed by atoms with Gasteiger partial charge in [0.25, 0.3) is 0 Å². The molecule has 0 radical (unpaired) electrons. The highest BCUT2D eigenvalue weighted by Gasteiger charge is 2.39. The fourth-order valence-corrected chi connectivity index (χ4v) is 8.86. The van der Waals surface area contributed by atoms with Crippen molar-refractivity contribution in [3.63, 3.8) is 0 Å². The van der Waals surface area contributed by atoms with Crippen molar-refractivity contribution in [1.29, 1.82) is 0 Å². The van der Waals surface area contributed by atoms with E-state index < -0.39 is 24.3 Å². The van der Waals surface area contributed by atoms with Gasteiger partial charge in [0.1, 0.15) is 36.1 Å². The number of hydrogen-bond acceptors (Lipinski definition) is 9. The molecule has 0 spiro atoms. The Morgan fingerprint density at radius 1 is 0.733 bits per heavy atom. The summed E-state index contributed by atoms with van der Waals surface area (Å²) >= 11 is 0. The molecule has 0 saturated carbocycles. The molecular weight excluding hydrogens is 767 g/mol. The van der Waals surface area contributed by atoms with Crippen molar-refractivity contribution in [2.45, 2.75) is 84.1 Å². The number of carbonyl (C=O) groups is 4. The van der Waals surface area contributed by atoms with E-state index in [1.807, 2.05) is 49.8 Å². The minimum atomic E-state index is -0.704. The molecule has 3 aliphatic rings. The molecule has 6 heterocycles. The summed E-state index contributed by atoms with van der Waals surface area (Å²) in [7, 11) is 2.58. The standard InChI is InChI=1S/C44H53N9O7/c1-24(2)37(49-43(56)58-5)41(54)52-15-7-9-33(52)39-45-22-30(47-39)26-12-14-32-28(19-26)20-35-29-13-11-27(21-36(29)60-18-17-51(32)35)31-23-46-40(48-31)34-10-8-16-53(34)42(55)38(25(3)4)50-44(57)59-6/h11-14,19-25,33-34,37-38H,7-10,15-18H2,1-6H3,(H,45,47)(H,46,48)(H,49,56)(H,50,57)/t33-,34-,37?,38-/m0/s1. The van der Waals surface area contributed by atoms with Crippen LogP contribution in [0, 0.1) is 11.8 Å². The Morgan fingerprint density at radius 2 is 1.27 bits per heavy atom. The van der Waals surface area contributed by atoms with Crippen LogP contribution in [-0.2, 0) is 25.6 Å². The van der Waals surface area contributed by atoms with E-state index in [0.717, 1.165) is 81.9 Å². The summed E-state index contributed by atoms with van der Waals surface area (Å²) in [5, 5.41) is 6.50. The molecule has 3 aliphatic heterocycles. The summed E-state index contributed by atoms with van der Waals surface area (Å²) < 4.78 is 18.2. The molecule has 316 valence electrons.